The number of hydrogen-bond donors (Lipinski definition) is 2. The van der Waals surface area contributed by atoms with E-state index in [0.29, 0.717) is 29.1 Å². The van der Waals surface area contributed by atoms with Crippen molar-refractivity contribution in [1.29, 1.82) is 0 Å². The van der Waals surface area contributed by atoms with Crippen molar-refractivity contribution in [3.63, 3.8) is 0 Å². The molecule has 0 spiro atoms. The number of phenols is 1. The molecule has 1 aromatic carbocycles. The minimum atomic E-state index is -0.916. The van der Waals surface area contributed by atoms with Gasteiger partial charge in [-0.25, -0.2) is 14.8 Å². The first-order valence-electron chi connectivity index (χ1n) is 11.1. The molecule has 156 valence electrons. The molecular weight excluding hydrogens is 376 g/mol. The predicted octanol–water partition coefficient (Wildman–Crippen LogP) is 5.20. The van der Waals surface area contributed by atoms with Gasteiger partial charge >= 0.3 is 5.97 Å². The Labute approximate surface area is 176 Å². The SMILES string of the molecule is CCC(=Cc1cnc(-c2ccc(O)c(C34CC5CC(CC(C5)C3)C4)c2)nc1)C(=O)O. The maximum atomic E-state index is 11.2. The number of rotatable bonds is 5. The topological polar surface area (TPSA) is 83.3 Å². The highest BCUT2D eigenvalue weighted by atomic mass is 16.4. The Bertz CT molecular complexity index is 974. The molecule has 30 heavy (non-hydrogen) atoms. The fraction of sp³-hybridized carbons (Fsp3) is 0.480. The average Bonchev–Trinajstić information content (AvgIpc) is 2.71. The minimum absolute atomic E-state index is 0.106. The number of phenolic OH excluding ortho intramolecular Hbond substituents is 1. The minimum Gasteiger partial charge on any atom is -0.508 e. The Balaban J connectivity index is 1.46. The van der Waals surface area contributed by atoms with Gasteiger partial charge in [0.15, 0.2) is 5.82 Å². The van der Waals surface area contributed by atoms with E-state index < -0.39 is 5.97 Å². The van der Waals surface area contributed by atoms with Gasteiger partial charge in [-0.15, -0.1) is 0 Å². The van der Waals surface area contributed by atoms with Gasteiger partial charge in [0, 0.05) is 34.7 Å². The molecule has 5 nitrogen and oxygen atoms in total. The first-order valence-corrected chi connectivity index (χ1v) is 11.1. The van der Waals surface area contributed by atoms with Crippen LogP contribution in [0.5, 0.6) is 5.75 Å². The molecule has 4 aliphatic carbocycles. The summed E-state index contributed by atoms with van der Waals surface area (Å²) in [5.41, 5.74) is 3.10. The van der Waals surface area contributed by atoms with Crippen LogP contribution in [0.15, 0.2) is 36.2 Å². The second-order valence-electron chi connectivity index (χ2n) is 9.60. The standard InChI is InChI=1S/C25H28N2O3/c1-2-19(24(29)30)8-18-13-26-23(27-14-18)20-3-4-22(28)21(9-20)25-10-15-5-16(11-25)7-17(6-15)12-25/h3-4,8-9,13-17,28H,2,5-7,10-12H2,1H3,(H,29,30). The Morgan fingerprint density at radius 1 is 1.10 bits per heavy atom. The third-order valence-electron chi connectivity index (χ3n) is 7.53. The number of hydrogen-bond acceptors (Lipinski definition) is 4. The van der Waals surface area contributed by atoms with Gasteiger partial charge in [0.25, 0.3) is 0 Å². The van der Waals surface area contributed by atoms with Crippen LogP contribution in [-0.4, -0.2) is 26.2 Å². The summed E-state index contributed by atoms with van der Waals surface area (Å²) >= 11 is 0. The summed E-state index contributed by atoms with van der Waals surface area (Å²) in [5.74, 6) is 2.51. The van der Waals surface area contributed by atoms with Crippen molar-refractivity contribution >= 4 is 12.0 Å². The van der Waals surface area contributed by atoms with Gasteiger partial charge in [-0.2, -0.15) is 0 Å². The van der Waals surface area contributed by atoms with Gasteiger partial charge in [0.2, 0.25) is 0 Å². The third kappa shape index (κ3) is 3.30. The second-order valence-corrected chi connectivity index (χ2v) is 9.60. The van der Waals surface area contributed by atoms with E-state index in [0.717, 1.165) is 28.9 Å². The molecule has 0 atom stereocenters. The highest BCUT2D eigenvalue weighted by Crippen LogP contribution is 2.62. The van der Waals surface area contributed by atoms with E-state index in [1.54, 1.807) is 24.5 Å². The van der Waals surface area contributed by atoms with Gasteiger partial charge < -0.3 is 10.2 Å². The van der Waals surface area contributed by atoms with Crippen molar-refractivity contribution in [2.75, 3.05) is 0 Å². The Morgan fingerprint density at radius 3 is 2.23 bits per heavy atom. The van der Waals surface area contributed by atoms with Gasteiger partial charge in [-0.3, -0.25) is 0 Å². The summed E-state index contributed by atoms with van der Waals surface area (Å²) in [5, 5.41) is 20.0. The molecule has 5 heteroatoms. The van der Waals surface area contributed by atoms with E-state index in [9.17, 15) is 15.0 Å². The quantitative estimate of drug-likeness (QED) is 0.670. The molecule has 0 saturated heterocycles. The van der Waals surface area contributed by atoms with Crippen molar-refractivity contribution in [1.82, 2.24) is 9.97 Å². The maximum absolute atomic E-state index is 11.2. The third-order valence-corrected chi connectivity index (χ3v) is 7.53. The van der Waals surface area contributed by atoms with E-state index >= 15 is 0 Å². The zero-order valence-electron chi connectivity index (χ0n) is 17.3. The van der Waals surface area contributed by atoms with Crippen LogP contribution in [0.3, 0.4) is 0 Å². The van der Waals surface area contributed by atoms with E-state index in [1.807, 2.05) is 13.0 Å². The van der Waals surface area contributed by atoms with Crippen LogP contribution in [0, 0.1) is 17.8 Å². The van der Waals surface area contributed by atoms with E-state index in [4.69, 9.17) is 0 Å². The first-order chi connectivity index (χ1) is 14.5. The number of carboxylic acid groups (broad SMARTS) is 1. The van der Waals surface area contributed by atoms with Crippen LogP contribution in [0.4, 0.5) is 0 Å². The summed E-state index contributed by atoms with van der Waals surface area (Å²) in [6.07, 6.45) is 13.1. The summed E-state index contributed by atoms with van der Waals surface area (Å²) in [6, 6.07) is 5.76. The van der Waals surface area contributed by atoms with Crippen molar-refractivity contribution < 1.29 is 15.0 Å². The fourth-order valence-electron chi connectivity index (χ4n) is 6.62. The summed E-state index contributed by atoms with van der Waals surface area (Å²) < 4.78 is 0. The lowest BCUT2D eigenvalue weighted by Gasteiger charge is -2.57. The summed E-state index contributed by atoms with van der Waals surface area (Å²) in [4.78, 5) is 20.2. The number of aromatic nitrogens is 2. The molecular formula is C25H28N2O3. The van der Waals surface area contributed by atoms with Crippen molar-refractivity contribution in [2.45, 2.75) is 57.3 Å². The smallest absolute Gasteiger partial charge is 0.331 e. The van der Waals surface area contributed by atoms with E-state index in [1.165, 1.54) is 38.5 Å². The summed E-state index contributed by atoms with van der Waals surface area (Å²) in [7, 11) is 0. The molecule has 1 aromatic heterocycles. The van der Waals surface area contributed by atoms with Gasteiger partial charge in [0.05, 0.1) is 0 Å². The first kappa shape index (κ1) is 19.3. The molecule has 4 aliphatic rings. The van der Waals surface area contributed by atoms with Crippen LogP contribution in [0.2, 0.25) is 0 Å². The van der Waals surface area contributed by atoms with Crippen LogP contribution >= 0.6 is 0 Å². The molecule has 2 N–H and O–H groups in total. The monoisotopic (exact) mass is 404 g/mol. The Morgan fingerprint density at radius 2 is 1.70 bits per heavy atom. The molecule has 0 unspecified atom stereocenters. The zero-order chi connectivity index (χ0) is 20.9. The zero-order valence-corrected chi connectivity index (χ0v) is 17.3. The van der Waals surface area contributed by atoms with Crippen LogP contribution in [-0.2, 0) is 10.2 Å². The van der Waals surface area contributed by atoms with Crippen LogP contribution < -0.4 is 0 Å². The lowest BCUT2D eigenvalue weighted by Crippen LogP contribution is -2.48. The molecule has 0 radical (unpaired) electrons. The van der Waals surface area contributed by atoms with Crippen LogP contribution in [0.25, 0.3) is 17.5 Å². The van der Waals surface area contributed by atoms with Gasteiger partial charge in [-0.05, 0) is 92.4 Å². The number of carboxylic acids is 1. The highest BCUT2D eigenvalue weighted by Gasteiger charge is 2.52. The lowest BCUT2D eigenvalue weighted by molar-refractivity contribution is -0.132. The number of benzene rings is 1. The summed E-state index contributed by atoms with van der Waals surface area (Å²) in [6.45, 7) is 1.82. The molecule has 1 heterocycles. The normalized spacial score (nSPS) is 29.9. The molecule has 4 saturated carbocycles. The molecule has 0 amide bonds. The number of aromatic hydroxyl groups is 1. The Kier molecular flexibility index (Phi) is 4.64. The molecule has 0 aliphatic heterocycles. The number of nitrogens with zero attached hydrogens (tertiary/aromatic N) is 2. The van der Waals surface area contributed by atoms with Crippen molar-refractivity contribution in [3.05, 3.63) is 47.3 Å². The molecule has 2 aromatic rings. The lowest BCUT2D eigenvalue weighted by atomic mass is 9.48. The Hall–Kier alpha value is -2.69. The van der Waals surface area contributed by atoms with E-state index in [-0.39, 0.29) is 5.41 Å². The molecule has 4 fully saturated rings. The molecule has 4 bridgehead atoms. The number of carbonyl (C=O) groups is 1. The van der Waals surface area contributed by atoms with Crippen molar-refractivity contribution in [2.24, 2.45) is 17.8 Å². The van der Waals surface area contributed by atoms with Gasteiger partial charge in [0.1, 0.15) is 5.75 Å². The van der Waals surface area contributed by atoms with Gasteiger partial charge in [-0.1, -0.05) is 6.92 Å². The largest absolute Gasteiger partial charge is 0.508 e. The van der Waals surface area contributed by atoms with Crippen molar-refractivity contribution in [3.8, 4) is 17.1 Å². The number of aliphatic carboxylic acids is 1. The second kappa shape index (κ2) is 7.22. The molecule has 6 rings (SSSR count). The van der Waals surface area contributed by atoms with E-state index in [2.05, 4.69) is 16.0 Å². The van der Waals surface area contributed by atoms with Crippen LogP contribution in [0.1, 0.15) is 63.0 Å². The highest BCUT2D eigenvalue weighted by molar-refractivity contribution is 5.91. The fourth-order valence-corrected chi connectivity index (χ4v) is 6.62. The maximum Gasteiger partial charge on any atom is 0.331 e. The predicted molar refractivity (Wildman–Crippen MR) is 115 cm³/mol. The average molecular weight is 405 g/mol.